The molecule has 136 valence electrons. The van der Waals surface area contributed by atoms with Crippen LogP contribution in [0.1, 0.15) is 5.56 Å². The lowest BCUT2D eigenvalue weighted by Crippen LogP contribution is -2.16. The zero-order valence-corrected chi connectivity index (χ0v) is 15.6. The second-order valence-electron chi connectivity index (χ2n) is 5.38. The van der Waals surface area contributed by atoms with Gasteiger partial charge in [0.25, 0.3) is 0 Å². The highest BCUT2D eigenvalue weighted by Gasteiger charge is 2.15. The van der Waals surface area contributed by atoms with Gasteiger partial charge >= 0.3 is 0 Å². The Labute approximate surface area is 156 Å². The molecular formula is C18H20N4O3S. The minimum atomic E-state index is 0.452. The van der Waals surface area contributed by atoms with Crippen molar-refractivity contribution in [1.29, 1.82) is 0 Å². The Morgan fingerprint density at radius 3 is 2.46 bits per heavy atom. The molecule has 3 rings (SSSR count). The molecule has 1 heterocycles. The molecule has 7 nitrogen and oxygen atoms in total. The Morgan fingerprint density at radius 2 is 1.73 bits per heavy atom. The number of H-pyrrole nitrogens is 1. The molecule has 0 radical (unpaired) electrons. The van der Waals surface area contributed by atoms with Gasteiger partial charge in [-0.3, -0.25) is 0 Å². The normalized spacial score (nSPS) is 10.4. The number of ether oxygens (including phenoxy) is 3. The van der Waals surface area contributed by atoms with Crippen molar-refractivity contribution in [1.82, 2.24) is 14.9 Å². The lowest BCUT2D eigenvalue weighted by Gasteiger charge is -2.15. The zero-order chi connectivity index (χ0) is 18.5. The largest absolute Gasteiger partial charge is 0.496 e. The lowest BCUT2D eigenvalue weighted by molar-refractivity contribution is 0.352. The summed E-state index contributed by atoms with van der Waals surface area (Å²) in [6.45, 7) is 0.469. The molecule has 8 heteroatoms. The van der Waals surface area contributed by atoms with E-state index in [0.717, 1.165) is 11.1 Å². The molecule has 0 bridgehead atoms. The molecule has 0 spiro atoms. The number of benzene rings is 2. The van der Waals surface area contributed by atoms with E-state index in [2.05, 4.69) is 15.6 Å². The minimum Gasteiger partial charge on any atom is -0.496 e. The number of rotatable bonds is 7. The van der Waals surface area contributed by atoms with Gasteiger partial charge < -0.3 is 19.6 Å². The third-order valence-electron chi connectivity index (χ3n) is 3.93. The van der Waals surface area contributed by atoms with E-state index in [4.69, 9.17) is 26.4 Å². The summed E-state index contributed by atoms with van der Waals surface area (Å²) >= 11 is 5.36. The Kier molecular flexibility index (Phi) is 5.43. The summed E-state index contributed by atoms with van der Waals surface area (Å²) in [6, 6.07) is 13.4. The number of hydrogen-bond donors (Lipinski definition) is 2. The summed E-state index contributed by atoms with van der Waals surface area (Å²) in [5, 5.41) is 7.15. The number of aromatic amines is 1. The summed E-state index contributed by atoms with van der Waals surface area (Å²) in [7, 11) is 4.85. The molecule has 0 saturated carbocycles. The molecular weight excluding hydrogens is 352 g/mol. The first-order valence-electron chi connectivity index (χ1n) is 7.94. The van der Waals surface area contributed by atoms with E-state index in [1.54, 1.807) is 26.0 Å². The molecule has 2 aromatic carbocycles. The fraction of sp³-hybridized carbons (Fsp3) is 0.222. The van der Waals surface area contributed by atoms with Crippen molar-refractivity contribution in [3.63, 3.8) is 0 Å². The molecule has 0 fully saturated rings. The summed E-state index contributed by atoms with van der Waals surface area (Å²) < 4.78 is 18.4. The summed E-state index contributed by atoms with van der Waals surface area (Å²) in [4.78, 5) is 0. The maximum absolute atomic E-state index is 5.48. The van der Waals surface area contributed by atoms with Gasteiger partial charge in [0.2, 0.25) is 4.77 Å². The van der Waals surface area contributed by atoms with Crippen molar-refractivity contribution in [2.24, 2.45) is 0 Å². The van der Waals surface area contributed by atoms with E-state index < -0.39 is 0 Å². The number of nitrogens with one attached hydrogen (secondary N) is 2. The third kappa shape index (κ3) is 3.36. The standard InChI is InChI=1S/C18H20N4O3S/c1-23-14-9-5-4-8-13(14)17-20-21-18(26)22(17)19-11-12-7-6-10-15(24-2)16(12)25-3/h4-10,19H,11H2,1-3H3,(H,21,26). The first-order chi connectivity index (χ1) is 12.7. The van der Waals surface area contributed by atoms with Crippen LogP contribution in [0.25, 0.3) is 11.4 Å². The smallest absolute Gasteiger partial charge is 0.214 e. The fourth-order valence-corrected chi connectivity index (χ4v) is 2.91. The van der Waals surface area contributed by atoms with Crippen molar-refractivity contribution in [2.75, 3.05) is 26.8 Å². The van der Waals surface area contributed by atoms with Gasteiger partial charge in [-0.1, -0.05) is 24.3 Å². The highest BCUT2D eigenvalue weighted by molar-refractivity contribution is 7.71. The van der Waals surface area contributed by atoms with Gasteiger partial charge in [0, 0.05) is 5.56 Å². The molecule has 0 unspecified atom stereocenters. The van der Waals surface area contributed by atoms with E-state index in [1.165, 1.54) is 0 Å². The number of hydrogen-bond acceptors (Lipinski definition) is 6. The van der Waals surface area contributed by atoms with Gasteiger partial charge in [0.1, 0.15) is 5.75 Å². The van der Waals surface area contributed by atoms with Gasteiger partial charge in [-0.05, 0) is 30.4 Å². The molecule has 1 aromatic heterocycles. The molecule has 0 atom stereocenters. The van der Waals surface area contributed by atoms with Crippen molar-refractivity contribution in [3.05, 3.63) is 52.8 Å². The lowest BCUT2D eigenvalue weighted by atomic mass is 10.2. The van der Waals surface area contributed by atoms with Crippen LogP contribution >= 0.6 is 12.2 Å². The van der Waals surface area contributed by atoms with Crippen LogP contribution in [-0.2, 0) is 6.54 Å². The average molecular weight is 372 g/mol. The van der Waals surface area contributed by atoms with Crippen LogP contribution in [0.2, 0.25) is 0 Å². The third-order valence-corrected chi connectivity index (χ3v) is 4.21. The quantitative estimate of drug-likeness (QED) is 0.620. The molecule has 0 aliphatic heterocycles. The number of nitrogens with zero attached hydrogens (tertiary/aromatic N) is 2. The average Bonchev–Trinajstić information content (AvgIpc) is 3.06. The molecule has 0 aliphatic carbocycles. The predicted octanol–water partition coefficient (Wildman–Crippen LogP) is 3.38. The fourth-order valence-electron chi connectivity index (χ4n) is 2.71. The van der Waals surface area contributed by atoms with Gasteiger partial charge in [0.15, 0.2) is 17.3 Å². The monoisotopic (exact) mass is 372 g/mol. The second kappa shape index (κ2) is 7.92. The van der Waals surface area contributed by atoms with Crippen LogP contribution in [0.3, 0.4) is 0 Å². The van der Waals surface area contributed by atoms with Crippen LogP contribution in [0, 0.1) is 4.77 Å². The van der Waals surface area contributed by atoms with Gasteiger partial charge in [-0.2, -0.15) is 5.10 Å². The first kappa shape index (κ1) is 17.8. The van der Waals surface area contributed by atoms with Crippen LogP contribution in [0.4, 0.5) is 0 Å². The van der Waals surface area contributed by atoms with Gasteiger partial charge in [-0.15, -0.1) is 0 Å². The Morgan fingerprint density at radius 1 is 1.00 bits per heavy atom. The van der Waals surface area contributed by atoms with Crippen molar-refractivity contribution < 1.29 is 14.2 Å². The van der Waals surface area contributed by atoms with E-state index in [0.29, 0.717) is 34.4 Å². The maximum Gasteiger partial charge on any atom is 0.214 e. The number of aromatic nitrogens is 3. The van der Waals surface area contributed by atoms with Crippen LogP contribution in [-0.4, -0.2) is 36.2 Å². The molecule has 3 aromatic rings. The van der Waals surface area contributed by atoms with Crippen molar-refractivity contribution in [3.8, 4) is 28.6 Å². The number of methoxy groups -OCH3 is 3. The first-order valence-corrected chi connectivity index (χ1v) is 8.35. The maximum atomic E-state index is 5.48. The molecule has 0 aliphatic rings. The van der Waals surface area contributed by atoms with Crippen LogP contribution in [0.5, 0.6) is 17.2 Å². The predicted molar refractivity (Wildman–Crippen MR) is 102 cm³/mol. The summed E-state index contributed by atoms with van der Waals surface area (Å²) in [6.07, 6.45) is 0. The van der Waals surface area contributed by atoms with Crippen molar-refractivity contribution in [2.45, 2.75) is 6.54 Å². The molecule has 2 N–H and O–H groups in total. The van der Waals surface area contributed by atoms with Crippen molar-refractivity contribution >= 4 is 12.2 Å². The zero-order valence-electron chi connectivity index (χ0n) is 14.8. The minimum absolute atomic E-state index is 0.452. The molecule has 26 heavy (non-hydrogen) atoms. The Hall–Kier alpha value is -3.00. The van der Waals surface area contributed by atoms with Crippen LogP contribution < -0.4 is 19.6 Å². The highest BCUT2D eigenvalue weighted by atomic mass is 32.1. The highest BCUT2D eigenvalue weighted by Crippen LogP contribution is 2.31. The second-order valence-corrected chi connectivity index (χ2v) is 5.76. The Balaban J connectivity index is 1.93. The van der Waals surface area contributed by atoms with Gasteiger partial charge in [-0.25, -0.2) is 9.77 Å². The molecule has 0 saturated heterocycles. The summed E-state index contributed by atoms with van der Waals surface area (Å²) in [5.41, 5.74) is 5.04. The SMILES string of the molecule is COc1ccccc1-c1n[nH]c(=S)n1NCc1cccc(OC)c1OC. The van der Waals surface area contributed by atoms with E-state index in [-0.39, 0.29) is 0 Å². The number of para-hydroxylation sites is 2. The van der Waals surface area contributed by atoms with E-state index in [1.807, 2.05) is 42.5 Å². The van der Waals surface area contributed by atoms with E-state index >= 15 is 0 Å². The summed E-state index contributed by atoms with van der Waals surface area (Å²) in [5.74, 6) is 2.70. The Bertz CT molecular complexity index is 952. The van der Waals surface area contributed by atoms with Crippen LogP contribution in [0.15, 0.2) is 42.5 Å². The molecule has 0 amide bonds. The van der Waals surface area contributed by atoms with Gasteiger partial charge in [0.05, 0.1) is 33.4 Å². The topological polar surface area (TPSA) is 73.3 Å². The van der Waals surface area contributed by atoms with E-state index in [9.17, 15) is 0 Å².